The SMILES string of the molecule is CCN(CC)CCCNc1nnc(-c2ccc(NC(=O)C3CC3)cc2OC)o1.O=C(O)C(F)(F)F. The molecule has 35 heavy (non-hydrogen) atoms. The minimum absolute atomic E-state index is 0.0591. The summed E-state index contributed by atoms with van der Waals surface area (Å²) in [6, 6.07) is 5.80. The molecule has 3 N–H and O–H groups in total. The van der Waals surface area contributed by atoms with Gasteiger partial charge < -0.3 is 29.8 Å². The number of amides is 1. The van der Waals surface area contributed by atoms with Gasteiger partial charge in [-0.2, -0.15) is 13.2 Å². The van der Waals surface area contributed by atoms with Crippen LogP contribution in [0.25, 0.3) is 11.5 Å². The van der Waals surface area contributed by atoms with Crippen molar-refractivity contribution in [3.8, 4) is 17.2 Å². The van der Waals surface area contributed by atoms with Gasteiger partial charge in [0.2, 0.25) is 5.91 Å². The zero-order chi connectivity index (χ0) is 26.0. The van der Waals surface area contributed by atoms with Crippen LogP contribution in [0, 0.1) is 5.92 Å². The Hall–Kier alpha value is -3.35. The summed E-state index contributed by atoms with van der Waals surface area (Å²) in [5, 5.41) is 21.4. The van der Waals surface area contributed by atoms with Gasteiger partial charge in [0.1, 0.15) is 5.75 Å². The van der Waals surface area contributed by atoms with Gasteiger partial charge in [0.15, 0.2) is 0 Å². The lowest BCUT2D eigenvalue weighted by Crippen LogP contribution is -2.25. The number of hydrogen-bond donors (Lipinski definition) is 3. The number of carboxylic acid groups (broad SMARTS) is 1. The summed E-state index contributed by atoms with van der Waals surface area (Å²) >= 11 is 0. The number of nitrogens with one attached hydrogen (secondary N) is 2. The van der Waals surface area contributed by atoms with Crippen molar-refractivity contribution in [1.82, 2.24) is 15.1 Å². The summed E-state index contributed by atoms with van der Waals surface area (Å²) < 4.78 is 42.9. The second-order valence-corrected chi connectivity index (χ2v) is 7.70. The molecular formula is C22H30F3N5O5. The highest BCUT2D eigenvalue weighted by Gasteiger charge is 2.38. The number of methoxy groups -OCH3 is 1. The van der Waals surface area contributed by atoms with Crippen LogP contribution in [0.4, 0.5) is 24.9 Å². The molecule has 194 valence electrons. The second kappa shape index (κ2) is 12.9. The number of ether oxygens (including phenoxy) is 1. The maximum atomic E-state index is 11.9. The van der Waals surface area contributed by atoms with Crippen LogP contribution in [0.15, 0.2) is 22.6 Å². The van der Waals surface area contributed by atoms with Crippen molar-refractivity contribution in [2.24, 2.45) is 5.92 Å². The number of anilines is 2. The van der Waals surface area contributed by atoms with Crippen LogP contribution >= 0.6 is 0 Å². The van der Waals surface area contributed by atoms with Crippen molar-refractivity contribution in [3.63, 3.8) is 0 Å². The van der Waals surface area contributed by atoms with E-state index in [1.54, 1.807) is 13.2 Å². The second-order valence-electron chi connectivity index (χ2n) is 7.70. The van der Waals surface area contributed by atoms with Gasteiger partial charge in [-0.05, 0) is 51.0 Å². The molecule has 1 amide bonds. The van der Waals surface area contributed by atoms with Crippen LogP contribution in [-0.4, -0.2) is 71.5 Å². The molecule has 1 aromatic carbocycles. The molecule has 1 saturated carbocycles. The van der Waals surface area contributed by atoms with Crippen LogP contribution in [0.3, 0.4) is 0 Å². The van der Waals surface area contributed by atoms with E-state index in [-0.39, 0.29) is 11.8 Å². The zero-order valence-corrected chi connectivity index (χ0v) is 19.8. The van der Waals surface area contributed by atoms with Gasteiger partial charge in [0.05, 0.1) is 12.7 Å². The molecule has 0 spiro atoms. The minimum Gasteiger partial charge on any atom is -0.496 e. The number of alkyl halides is 3. The fraction of sp³-hybridized carbons (Fsp3) is 0.545. The van der Waals surface area contributed by atoms with Crippen LogP contribution in [0.2, 0.25) is 0 Å². The smallest absolute Gasteiger partial charge is 0.490 e. The highest BCUT2D eigenvalue weighted by atomic mass is 19.4. The van der Waals surface area contributed by atoms with E-state index in [2.05, 4.69) is 39.6 Å². The third-order valence-corrected chi connectivity index (χ3v) is 5.14. The lowest BCUT2D eigenvalue weighted by Gasteiger charge is -2.17. The number of aliphatic carboxylic acids is 1. The van der Waals surface area contributed by atoms with Crippen molar-refractivity contribution in [2.45, 2.75) is 39.3 Å². The number of benzene rings is 1. The molecule has 1 heterocycles. The molecular weight excluding hydrogens is 471 g/mol. The van der Waals surface area contributed by atoms with Gasteiger partial charge in [0.25, 0.3) is 5.89 Å². The normalized spacial score (nSPS) is 13.1. The van der Waals surface area contributed by atoms with E-state index >= 15 is 0 Å². The van der Waals surface area contributed by atoms with Gasteiger partial charge in [-0.15, -0.1) is 5.10 Å². The van der Waals surface area contributed by atoms with E-state index in [1.165, 1.54) is 0 Å². The lowest BCUT2D eigenvalue weighted by atomic mass is 10.1. The van der Waals surface area contributed by atoms with Crippen molar-refractivity contribution in [2.75, 3.05) is 43.9 Å². The van der Waals surface area contributed by atoms with Crippen LogP contribution in [0.5, 0.6) is 5.75 Å². The Morgan fingerprint density at radius 2 is 1.89 bits per heavy atom. The average Bonchev–Trinajstić information content (AvgIpc) is 3.57. The summed E-state index contributed by atoms with van der Waals surface area (Å²) in [6.07, 6.45) is -2.15. The van der Waals surface area contributed by atoms with Gasteiger partial charge >= 0.3 is 18.2 Å². The highest BCUT2D eigenvalue weighted by molar-refractivity contribution is 5.94. The Labute approximate surface area is 200 Å². The minimum atomic E-state index is -5.08. The van der Waals surface area contributed by atoms with Crippen molar-refractivity contribution in [1.29, 1.82) is 0 Å². The number of carbonyl (C=O) groups excluding carboxylic acids is 1. The third-order valence-electron chi connectivity index (χ3n) is 5.14. The molecule has 1 aliphatic rings. The Balaban J connectivity index is 0.000000540. The summed E-state index contributed by atoms with van der Waals surface area (Å²) in [5.41, 5.74) is 1.39. The van der Waals surface area contributed by atoms with Crippen LogP contribution in [0.1, 0.15) is 33.1 Å². The van der Waals surface area contributed by atoms with Gasteiger partial charge in [-0.1, -0.05) is 18.9 Å². The average molecular weight is 502 g/mol. The largest absolute Gasteiger partial charge is 0.496 e. The number of carbonyl (C=O) groups is 2. The molecule has 1 fully saturated rings. The van der Waals surface area contributed by atoms with Crippen molar-refractivity contribution in [3.05, 3.63) is 18.2 Å². The van der Waals surface area contributed by atoms with E-state index in [0.29, 0.717) is 28.9 Å². The number of hydrogen-bond acceptors (Lipinski definition) is 8. The fourth-order valence-electron chi connectivity index (χ4n) is 2.98. The monoisotopic (exact) mass is 501 g/mol. The predicted molar refractivity (Wildman–Crippen MR) is 122 cm³/mol. The van der Waals surface area contributed by atoms with Gasteiger partial charge in [-0.3, -0.25) is 4.79 Å². The topological polar surface area (TPSA) is 130 Å². The fourth-order valence-corrected chi connectivity index (χ4v) is 2.98. The Morgan fingerprint density at radius 1 is 1.23 bits per heavy atom. The Kier molecular flexibility index (Phi) is 10.3. The van der Waals surface area contributed by atoms with Crippen LogP contribution in [-0.2, 0) is 9.59 Å². The summed E-state index contributed by atoms with van der Waals surface area (Å²) in [4.78, 5) is 23.2. The van der Waals surface area contributed by atoms with Crippen molar-refractivity contribution < 1.29 is 37.0 Å². The molecule has 0 unspecified atom stereocenters. The highest BCUT2D eigenvalue weighted by Crippen LogP contribution is 2.34. The molecule has 0 atom stereocenters. The van der Waals surface area contributed by atoms with Crippen molar-refractivity contribution >= 4 is 23.6 Å². The summed E-state index contributed by atoms with van der Waals surface area (Å²) in [5.74, 6) is -1.60. The quantitative estimate of drug-likeness (QED) is 0.393. The molecule has 10 nitrogen and oxygen atoms in total. The molecule has 0 radical (unpaired) electrons. The van der Waals surface area contributed by atoms with E-state index in [1.807, 2.05) is 12.1 Å². The first kappa shape index (κ1) is 27.9. The molecule has 1 aromatic heterocycles. The summed E-state index contributed by atoms with van der Waals surface area (Å²) in [7, 11) is 1.58. The molecule has 2 aromatic rings. The third kappa shape index (κ3) is 9.08. The molecule has 0 saturated heterocycles. The molecule has 1 aliphatic carbocycles. The number of nitrogens with zero attached hydrogens (tertiary/aromatic N) is 3. The van der Waals surface area contributed by atoms with Gasteiger partial charge in [0, 0.05) is 24.2 Å². The first-order valence-electron chi connectivity index (χ1n) is 11.2. The first-order valence-corrected chi connectivity index (χ1v) is 11.2. The molecule has 0 bridgehead atoms. The molecule has 13 heteroatoms. The van der Waals surface area contributed by atoms with Crippen LogP contribution < -0.4 is 15.4 Å². The number of halogens is 3. The maximum Gasteiger partial charge on any atom is 0.490 e. The zero-order valence-electron chi connectivity index (χ0n) is 19.8. The number of rotatable bonds is 11. The summed E-state index contributed by atoms with van der Waals surface area (Å²) in [6.45, 7) is 8.23. The van der Waals surface area contributed by atoms with E-state index in [0.717, 1.165) is 45.4 Å². The molecule has 0 aliphatic heterocycles. The van der Waals surface area contributed by atoms with E-state index in [9.17, 15) is 18.0 Å². The van der Waals surface area contributed by atoms with Gasteiger partial charge in [-0.25, -0.2) is 4.79 Å². The Bertz CT molecular complexity index is 975. The molecule has 3 rings (SSSR count). The number of carboxylic acids is 1. The lowest BCUT2D eigenvalue weighted by molar-refractivity contribution is -0.192. The number of aromatic nitrogens is 2. The Morgan fingerprint density at radius 3 is 2.43 bits per heavy atom. The standard InChI is InChI=1S/C20H29N5O3.C2HF3O2/c1-4-25(5-2)12-6-11-21-20-24-23-19(28-20)16-10-9-15(13-17(16)27-3)22-18(26)14-7-8-14;3-2(4,5)1(6)7/h9-10,13-14H,4-8,11-12H2,1-3H3,(H,21,24)(H,22,26);(H,6,7). The predicted octanol–water partition coefficient (Wildman–Crippen LogP) is 3.87. The maximum absolute atomic E-state index is 11.9. The first-order chi connectivity index (χ1) is 16.6. The van der Waals surface area contributed by atoms with E-state index < -0.39 is 12.1 Å². The van der Waals surface area contributed by atoms with E-state index in [4.69, 9.17) is 19.1 Å².